The number of nitrogens with one attached hydrogen (secondary N) is 2. The third-order valence-corrected chi connectivity index (χ3v) is 12.8. The van der Waals surface area contributed by atoms with Crippen molar-refractivity contribution < 1.29 is 85.1 Å². The zero-order valence-electron chi connectivity index (χ0n) is 39.1. The number of hydrogen-bond acceptors (Lipinski definition) is 10. The topological polar surface area (TPSA) is 159 Å². The van der Waals surface area contributed by atoms with Crippen molar-refractivity contribution in [2.75, 3.05) is 34.5 Å². The predicted molar refractivity (Wildman–Crippen MR) is 268 cm³/mol. The molecule has 2 amide bonds. The summed E-state index contributed by atoms with van der Waals surface area (Å²) in [6.45, 7) is 0.964. The van der Waals surface area contributed by atoms with E-state index in [1.54, 1.807) is 36.4 Å². The molecule has 2 N–H and O–H groups in total. The van der Waals surface area contributed by atoms with Gasteiger partial charge in [0.05, 0.1) is 48.0 Å². The van der Waals surface area contributed by atoms with Crippen LogP contribution in [0.25, 0.3) is 45.8 Å². The van der Waals surface area contributed by atoms with E-state index in [0.29, 0.717) is 60.2 Å². The van der Waals surface area contributed by atoms with Crippen molar-refractivity contribution in [2.45, 2.75) is 38.8 Å². The molecule has 0 unspecified atom stereocenters. The summed E-state index contributed by atoms with van der Waals surface area (Å²) in [5.41, 5.74) is 9.91. The molecule has 0 saturated carbocycles. The Hall–Kier alpha value is -7.58. The fraction of sp³-hybridized carbons (Fsp3) is 0.143. The van der Waals surface area contributed by atoms with Crippen LogP contribution in [-0.4, -0.2) is 47.4 Å². The molecule has 1 aliphatic carbocycles. The highest BCUT2D eigenvalue weighted by atomic mass is 127. The number of benzene rings is 4. The highest BCUT2D eigenvalue weighted by Crippen LogP contribution is 2.37. The Morgan fingerprint density at radius 2 is 0.972 bits per heavy atom. The third-order valence-electron chi connectivity index (χ3n) is 12.8. The maximum Gasteiger partial charge on any atom is 0.370 e. The number of anilines is 4. The summed E-state index contributed by atoms with van der Waals surface area (Å²) in [6.07, 6.45) is 16.9. The molecule has 3 aliphatic rings. The van der Waals surface area contributed by atoms with Gasteiger partial charge in [0.25, 0.3) is 0 Å². The molecule has 4 aromatic heterocycles. The van der Waals surface area contributed by atoms with E-state index in [1.165, 1.54) is 0 Å². The lowest BCUT2D eigenvalue weighted by Gasteiger charge is -2.23. The van der Waals surface area contributed by atoms with Gasteiger partial charge >= 0.3 is 23.1 Å². The van der Waals surface area contributed by atoms with E-state index in [-0.39, 0.29) is 106 Å². The minimum atomic E-state index is -0.418. The minimum absolute atomic E-state index is 0. The van der Waals surface area contributed by atoms with Crippen molar-refractivity contribution >= 4 is 91.9 Å². The maximum absolute atomic E-state index is 14.2. The van der Waals surface area contributed by atoms with Gasteiger partial charge in [-0.15, -0.1) is 0 Å². The zero-order valence-corrected chi connectivity index (χ0v) is 43.5. The first kappa shape index (κ1) is 49.4. The Morgan fingerprint density at radius 3 is 1.42 bits per heavy atom. The second-order valence-corrected chi connectivity index (χ2v) is 17.4. The summed E-state index contributed by atoms with van der Waals surface area (Å²) >= 11 is 0. The molecule has 2 aliphatic heterocycles. The van der Waals surface area contributed by atoms with Crippen molar-refractivity contribution in [3.8, 4) is 0 Å². The quantitative estimate of drug-likeness (QED) is 0.138. The molecular formula is C56H46I2N8O6. The van der Waals surface area contributed by atoms with Crippen LogP contribution in [0.1, 0.15) is 80.4 Å². The fourth-order valence-electron chi connectivity index (χ4n) is 9.39. The number of fused-ring (bicyclic) bond motifs is 6. The number of oxazole rings is 2. The highest BCUT2D eigenvalue weighted by molar-refractivity contribution is 6.32. The van der Waals surface area contributed by atoms with Crippen molar-refractivity contribution in [3.05, 3.63) is 191 Å². The van der Waals surface area contributed by atoms with Crippen molar-refractivity contribution in [3.63, 3.8) is 0 Å². The summed E-state index contributed by atoms with van der Waals surface area (Å²) < 4.78 is 16.2. The van der Waals surface area contributed by atoms with Crippen LogP contribution in [0.3, 0.4) is 0 Å². The predicted octanol–water partition coefficient (Wildman–Crippen LogP) is 3.17. The lowest BCUT2D eigenvalue weighted by atomic mass is 9.82. The standard InChI is InChI=1S/C56H44N8O6.2HI/c1-61-31-25-35(37-13-3-5-19-43(37)61)33-49-59-55-45(69-49)21-9-27-63(55)29-11-23-47(65)57-41-17-7-15-39-51(41)53(67)40-16-8-18-42(52(40)54(39)68)58-48(66)24-12-30-64-28-10-22-46-56(64)60-50(70-46)34-36-26-32-62(2)44-20-6-4-14-38(36)44;;/h3-10,13-22,25-28,31-34H,11-12,23-24,29-30H2,1-2H3;2*1H. The van der Waals surface area contributed by atoms with E-state index in [0.717, 1.165) is 33.6 Å². The first-order valence-electron chi connectivity index (χ1n) is 23.1. The fourth-order valence-corrected chi connectivity index (χ4v) is 9.39. The number of ketones is 2. The Bertz CT molecular complexity index is 3380. The molecule has 11 rings (SSSR count). The van der Waals surface area contributed by atoms with E-state index < -0.39 is 11.6 Å². The van der Waals surface area contributed by atoms with Gasteiger partial charge in [-0.25, -0.2) is 9.13 Å². The second kappa shape index (κ2) is 21.0. The van der Waals surface area contributed by atoms with Crippen LogP contribution >= 0.6 is 0 Å². The summed E-state index contributed by atoms with van der Waals surface area (Å²) in [7, 11) is 4.02. The number of nitrogens with zero attached hydrogens (tertiary/aromatic N) is 6. The van der Waals surface area contributed by atoms with Crippen LogP contribution in [0.2, 0.25) is 0 Å². The van der Waals surface area contributed by atoms with Crippen LogP contribution in [-0.2, 0) is 22.7 Å². The number of para-hydroxylation sites is 2. The van der Waals surface area contributed by atoms with Crippen LogP contribution in [0.15, 0.2) is 155 Å². The molecule has 0 atom stereocenters. The van der Waals surface area contributed by atoms with E-state index in [4.69, 9.17) is 18.8 Å². The van der Waals surface area contributed by atoms with Gasteiger partial charge in [0, 0.05) is 95.1 Å². The molecule has 360 valence electrons. The van der Waals surface area contributed by atoms with E-state index in [9.17, 15) is 19.2 Å². The van der Waals surface area contributed by atoms with Crippen LogP contribution in [0.5, 0.6) is 0 Å². The molecule has 0 spiro atoms. The maximum atomic E-state index is 14.2. The number of pyridine rings is 2. The van der Waals surface area contributed by atoms with Gasteiger partial charge in [-0.1, -0.05) is 60.7 Å². The smallest absolute Gasteiger partial charge is 0.370 e. The number of carbonyl (C=O) groups is 4. The first-order valence-corrected chi connectivity index (χ1v) is 23.1. The Morgan fingerprint density at radius 1 is 0.556 bits per heavy atom. The van der Waals surface area contributed by atoms with Crippen LogP contribution in [0.4, 0.5) is 22.7 Å². The van der Waals surface area contributed by atoms with Crippen molar-refractivity contribution in [2.24, 2.45) is 0 Å². The Labute approximate surface area is 448 Å². The SMILES string of the molecule is CN1C=C/C(=C\c2nc3c(ccc[n+]3CCCC(=O)Nc3cccc4c3C(=O)c3cccc(NC(=O)CCC[n+]5cccc6oc(/C=C7\C=CN(C)c8ccccc87)nc65)c3C4=O)o2)c2ccccc21.[I-].[I-]. The largest absolute Gasteiger partial charge is 1.00 e. The molecule has 8 aromatic rings. The summed E-state index contributed by atoms with van der Waals surface area (Å²) in [6, 6.07) is 33.5. The van der Waals surface area contributed by atoms with E-state index in [2.05, 4.69) is 44.7 Å². The number of halogens is 2. The molecule has 0 bridgehead atoms. The average Bonchev–Trinajstić information content (AvgIpc) is 3.99. The molecule has 6 heterocycles. The number of rotatable bonds is 12. The van der Waals surface area contributed by atoms with Gasteiger partial charge in [0.1, 0.15) is 0 Å². The highest BCUT2D eigenvalue weighted by Gasteiger charge is 2.34. The molecule has 0 fully saturated rings. The zero-order chi connectivity index (χ0) is 47.9. The van der Waals surface area contributed by atoms with Crippen molar-refractivity contribution in [1.29, 1.82) is 0 Å². The van der Waals surface area contributed by atoms with Crippen molar-refractivity contribution in [1.82, 2.24) is 9.97 Å². The van der Waals surface area contributed by atoms with Gasteiger partial charge in [0.2, 0.25) is 23.0 Å². The molecular weight excluding hydrogens is 1130 g/mol. The van der Waals surface area contributed by atoms with Gasteiger partial charge < -0.3 is 77.2 Å². The number of carbonyl (C=O) groups excluding carboxylic acids is 4. The molecule has 0 radical (unpaired) electrons. The Kier molecular flexibility index (Phi) is 14.4. The number of amides is 2. The van der Waals surface area contributed by atoms with Gasteiger partial charge in [-0.05, 0) is 84.7 Å². The molecule has 16 heteroatoms. The molecule has 4 aromatic carbocycles. The number of aryl methyl sites for hydroxylation is 2. The summed E-state index contributed by atoms with van der Waals surface area (Å²) in [5.74, 6) is -0.506. The normalized spacial score (nSPS) is 14.4. The minimum Gasteiger partial charge on any atom is -1.00 e. The molecule has 72 heavy (non-hydrogen) atoms. The van der Waals surface area contributed by atoms with E-state index in [1.807, 2.05) is 121 Å². The lowest BCUT2D eigenvalue weighted by molar-refractivity contribution is -0.673. The van der Waals surface area contributed by atoms with Crippen LogP contribution < -0.4 is 77.5 Å². The number of hydrogen-bond donors (Lipinski definition) is 2. The van der Waals surface area contributed by atoms with Gasteiger partial charge in [-0.2, -0.15) is 0 Å². The Balaban J connectivity index is 0.00000320. The monoisotopic (exact) mass is 1180 g/mol. The van der Waals surface area contributed by atoms with Gasteiger partial charge in [-0.3, -0.25) is 19.2 Å². The second-order valence-electron chi connectivity index (χ2n) is 17.4. The lowest BCUT2D eigenvalue weighted by Crippen LogP contribution is -3.00. The van der Waals surface area contributed by atoms with Gasteiger partial charge in [0.15, 0.2) is 11.6 Å². The molecule has 0 saturated heterocycles. The third kappa shape index (κ3) is 9.62. The molecule has 14 nitrogen and oxygen atoms in total. The number of allylic oxidation sites excluding steroid dienone is 4. The summed E-state index contributed by atoms with van der Waals surface area (Å²) in [4.78, 5) is 68.9. The van der Waals surface area contributed by atoms with E-state index >= 15 is 0 Å². The first-order chi connectivity index (χ1) is 34.2. The number of aromatic nitrogens is 4. The summed E-state index contributed by atoms with van der Waals surface area (Å²) in [5, 5.41) is 5.79. The van der Waals surface area contributed by atoms with Crippen LogP contribution in [0, 0.1) is 0 Å². The average molecular weight is 1180 g/mol.